The predicted molar refractivity (Wildman–Crippen MR) is 99.6 cm³/mol. The molecule has 0 aromatic heterocycles. The number of carbonyl (C=O) groups is 1. The van der Waals surface area contributed by atoms with Crippen molar-refractivity contribution in [1.29, 1.82) is 0 Å². The number of aromatic carboxylic acids is 1. The Bertz CT molecular complexity index is 688. The van der Waals surface area contributed by atoms with Crippen molar-refractivity contribution in [1.82, 2.24) is 9.80 Å². The Balaban J connectivity index is 1.61. The van der Waals surface area contributed by atoms with Crippen molar-refractivity contribution in [2.24, 2.45) is 0 Å². The molecule has 2 atom stereocenters. The molecule has 1 heterocycles. The lowest BCUT2D eigenvalue weighted by molar-refractivity contribution is 0.0290. The van der Waals surface area contributed by atoms with Crippen LogP contribution in [0.1, 0.15) is 35.3 Å². The van der Waals surface area contributed by atoms with E-state index in [4.69, 9.17) is 5.11 Å². The molecule has 0 amide bonds. The first-order valence-electron chi connectivity index (χ1n) is 8.87. The second-order valence-electron chi connectivity index (χ2n) is 7.05. The van der Waals surface area contributed by atoms with Crippen LogP contribution in [0.5, 0.6) is 0 Å². The summed E-state index contributed by atoms with van der Waals surface area (Å²) >= 11 is 0. The average Bonchev–Trinajstić information content (AvgIpc) is 2.59. The number of piperazine rings is 1. The Morgan fingerprint density at radius 2 is 1.48 bits per heavy atom. The van der Waals surface area contributed by atoms with E-state index in [0.29, 0.717) is 17.6 Å². The van der Waals surface area contributed by atoms with Gasteiger partial charge in [-0.3, -0.25) is 9.80 Å². The lowest BCUT2D eigenvalue weighted by Gasteiger charge is -2.44. The normalized spacial score (nSPS) is 22.0. The van der Waals surface area contributed by atoms with Crippen LogP contribution in [0.15, 0.2) is 54.6 Å². The van der Waals surface area contributed by atoms with E-state index in [1.54, 1.807) is 12.1 Å². The largest absolute Gasteiger partial charge is 0.478 e. The van der Waals surface area contributed by atoms with Crippen LogP contribution in [-0.4, -0.2) is 46.0 Å². The zero-order chi connectivity index (χ0) is 17.8. The van der Waals surface area contributed by atoms with Gasteiger partial charge in [-0.05, 0) is 37.1 Å². The summed E-state index contributed by atoms with van der Waals surface area (Å²) in [4.78, 5) is 16.0. The molecule has 0 spiro atoms. The first-order chi connectivity index (χ1) is 12.0. The van der Waals surface area contributed by atoms with Gasteiger partial charge in [0.2, 0.25) is 0 Å². The number of benzene rings is 2. The molecule has 1 aliphatic heterocycles. The Hall–Kier alpha value is -2.17. The molecular formula is C21H26N2O2. The van der Waals surface area contributed by atoms with Crippen molar-refractivity contribution in [3.05, 3.63) is 71.3 Å². The first kappa shape index (κ1) is 17.6. The number of hydrogen-bond donors (Lipinski definition) is 1. The van der Waals surface area contributed by atoms with Crippen molar-refractivity contribution in [2.45, 2.75) is 39.0 Å². The number of carboxylic acids is 1. The quantitative estimate of drug-likeness (QED) is 0.906. The molecule has 0 unspecified atom stereocenters. The summed E-state index contributed by atoms with van der Waals surface area (Å²) in [5.74, 6) is -0.872. The molecule has 0 saturated carbocycles. The molecule has 0 radical (unpaired) electrons. The zero-order valence-corrected chi connectivity index (χ0v) is 14.9. The van der Waals surface area contributed by atoms with Crippen molar-refractivity contribution < 1.29 is 9.90 Å². The third-order valence-corrected chi connectivity index (χ3v) is 4.99. The van der Waals surface area contributed by atoms with Gasteiger partial charge >= 0.3 is 5.97 Å². The Kier molecular flexibility index (Phi) is 5.51. The topological polar surface area (TPSA) is 43.8 Å². The fourth-order valence-electron chi connectivity index (χ4n) is 3.71. The second-order valence-corrected chi connectivity index (χ2v) is 7.05. The highest BCUT2D eigenvalue weighted by atomic mass is 16.4. The monoisotopic (exact) mass is 338 g/mol. The third kappa shape index (κ3) is 4.47. The lowest BCUT2D eigenvalue weighted by Crippen LogP contribution is -2.55. The van der Waals surface area contributed by atoms with Crippen molar-refractivity contribution in [2.75, 3.05) is 13.1 Å². The highest BCUT2D eigenvalue weighted by Gasteiger charge is 2.29. The van der Waals surface area contributed by atoms with Gasteiger partial charge in [0.05, 0.1) is 5.56 Å². The maximum Gasteiger partial charge on any atom is 0.335 e. The molecule has 4 nitrogen and oxygen atoms in total. The summed E-state index contributed by atoms with van der Waals surface area (Å²) < 4.78 is 0. The minimum Gasteiger partial charge on any atom is -0.478 e. The Labute approximate surface area is 149 Å². The number of nitrogens with zero attached hydrogens (tertiary/aromatic N) is 2. The summed E-state index contributed by atoms with van der Waals surface area (Å²) in [6, 6.07) is 18.8. The molecule has 0 aliphatic carbocycles. The van der Waals surface area contributed by atoms with Crippen LogP contribution < -0.4 is 0 Å². The molecule has 0 bridgehead atoms. The molecular weight excluding hydrogens is 312 g/mol. The van der Waals surface area contributed by atoms with E-state index in [9.17, 15) is 4.79 Å². The average molecular weight is 338 g/mol. The third-order valence-electron chi connectivity index (χ3n) is 4.99. The van der Waals surface area contributed by atoms with Crippen LogP contribution >= 0.6 is 0 Å². The van der Waals surface area contributed by atoms with Crippen LogP contribution in [0, 0.1) is 0 Å². The van der Waals surface area contributed by atoms with Gasteiger partial charge in [-0.25, -0.2) is 4.79 Å². The second kappa shape index (κ2) is 7.81. The van der Waals surface area contributed by atoms with Gasteiger partial charge in [-0.15, -0.1) is 0 Å². The Morgan fingerprint density at radius 1 is 0.920 bits per heavy atom. The molecule has 1 saturated heterocycles. The summed E-state index contributed by atoms with van der Waals surface area (Å²) in [6.45, 7) is 8.51. The predicted octanol–water partition coefficient (Wildman–Crippen LogP) is 3.48. The van der Waals surface area contributed by atoms with Gasteiger partial charge < -0.3 is 5.11 Å². The van der Waals surface area contributed by atoms with Crippen LogP contribution in [0.2, 0.25) is 0 Å². The summed E-state index contributed by atoms with van der Waals surface area (Å²) in [5, 5.41) is 9.02. The molecule has 1 fully saturated rings. The van der Waals surface area contributed by atoms with Gasteiger partial charge in [-0.1, -0.05) is 42.5 Å². The number of rotatable bonds is 5. The summed E-state index contributed by atoms with van der Waals surface area (Å²) in [6.07, 6.45) is 0. The van der Waals surface area contributed by atoms with E-state index >= 15 is 0 Å². The van der Waals surface area contributed by atoms with E-state index in [0.717, 1.165) is 26.2 Å². The Morgan fingerprint density at radius 3 is 2.04 bits per heavy atom. The van der Waals surface area contributed by atoms with Crippen molar-refractivity contribution in [3.8, 4) is 0 Å². The van der Waals surface area contributed by atoms with Crippen molar-refractivity contribution in [3.63, 3.8) is 0 Å². The zero-order valence-electron chi connectivity index (χ0n) is 14.9. The highest BCUT2D eigenvalue weighted by Crippen LogP contribution is 2.21. The van der Waals surface area contributed by atoms with E-state index in [1.165, 1.54) is 11.1 Å². The highest BCUT2D eigenvalue weighted by molar-refractivity contribution is 5.87. The fourth-order valence-corrected chi connectivity index (χ4v) is 3.71. The minimum absolute atomic E-state index is 0.345. The van der Waals surface area contributed by atoms with Crippen LogP contribution in [0.3, 0.4) is 0 Å². The molecule has 1 aliphatic rings. The summed E-state index contributed by atoms with van der Waals surface area (Å²) in [7, 11) is 0. The maximum atomic E-state index is 11.0. The fraction of sp³-hybridized carbons (Fsp3) is 0.381. The molecule has 4 heteroatoms. The van der Waals surface area contributed by atoms with Gasteiger partial charge in [-0.2, -0.15) is 0 Å². The van der Waals surface area contributed by atoms with Crippen LogP contribution in [0.25, 0.3) is 0 Å². The number of hydrogen-bond acceptors (Lipinski definition) is 3. The SMILES string of the molecule is C[C@@H]1CN(Cc2ccccc2)C[C@H](C)N1Cc1ccc(C(=O)O)cc1. The van der Waals surface area contributed by atoms with Gasteiger partial charge in [0, 0.05) is 38.3 Å². The first-order valence-corrected chi connectivity index (χ1v) is 8.87. The van der Waals surface area contributed by atoms with Gasteiger partial charge in [0.15, 0.2) is 0 Å². The molecule has 1 N–H and O–H groups in total. The minimum atomic E-state index is -0.872. The van der Waals surface area contributed by atoms with Gasteiger partial charge in [0.25, 0.3) is 0 Å². The number of carboxylic acid groups (broad SMARTS) is 1. The van der Waals surface area contributed by atoms with E-state index in [2.05, 4.69) is 54.0 Å². The molecule has 2 aromatic carbocycles. The molecule has 132 valence electrons. The van der Waals surface area contributed by atoms with E-state index < -0.39 is 5.97 Å². The van der Waals surface area contributed by atoms with Crippen LogP contribution in [-0.2, 0) is 13.1 Å². The summed E-state index contributed by atoms with van der Waals surface area (Å²) in [5.41, 5.74) is 2.87. The molecule has 3 rings (SSSR count). The van der Waals surface area contributed by atoms with Crippen LogP contribution in [0.4, 0.5) is 0 Å². The molecule has 2 aromatic rings. The molecule has 25 heavy (non-hydrogen) atoms. The van der Waals surface area contributed by atoms with E-state index in [-0.39, 0.29) is 0 Å². The maximum absolute atomic E-state index is 11.0. The van der Waals surface area contributed by atoms with Crippen molar-refractivity contribution >= 4 is 5.97 Å². The smallest absolute Gasteiger partial charge is 0.335 e. The van der Waals surface area contributed by atoms with Gasteiger partial charge in [0.1, 0.15) is 0 Å². The van der Waals surface area contributed by atoms with E-state index in [1.807, 2.05) is 12.1 Å². The lowest BCUT2D eigenvalue weighted by atomic mass is 10.0. The standard InChI is InChI=1S/C21H26N2O2/c1-16-12-22(14-18-6-4-3-5-7-18)13-17(2)23(16)15-19-8-10-20(11-9-19)21(24)25/h3-11,16-17H,12-15H2,1-2H3,(H,24,25)/t16-,17+.